The smallest absolute Gasteiger partial charge is 0.123 e. The molecule has 0 spiro atoms. The van der Waals surface area contributed by atoms with Gasteiger partial charge in [0, 0.05) is 18.5 Å². The fourth-order valence-electron chi connectivity index (χ4n) is 2.35. The first-order valence-electron chi connectivity index (χ1n) is 6.51. The Morgan fingerprint density at radius 3 is 3.00 bits per heavy atom. The van der Waals surface area contributed by atoms with Crippen LogP contribution < -0.4 is 4.74 Å². The van der Waals surface area contributed by atoms with Gasteiger partial charge in [0.25, 0.3) is 0 Å². The van der Waals surface area contributed by atoms with Crippen LogP contribution in [0.25, 0.3) is 0 Å². The highest BCUT2D eigenvalue weighted by Gasteiger charge is 2.27. The monoisotopic (exact) mass is 251 g/mol. The molecule has 1 aromatic carbocycles. The van der Waals surface area contributed by atoms with E-state index in [9.17, 15) is 10.2 Å². The van der Waals surface area contributed by atoms with Gasteiger partial charge >= 0.3 is 0 Å². The zero-order chi connectivity index (χ0) is 13.0. The van der Waals surface area contributed by atoms with Crippen LogP contribution in [0.4, 0.5) is 0 Å². The fraction of sp³-hybridized carbons (Fsp3) is 0.571. The van der Waals surface area contributed by atoms with E-state index in [4.69, 9.17) is 4.74 Å². The van der Waals surface area contributed by atoms with Crippen molar-refractivity contribution in [3.05, 3.63) is 24.3 Å². The van der Waals surface area contributed by atoms with Gasteiger partial charge in [-0.25, -0.2) is 0 Å². The van der Waals surface area contributed by atoms with Gasteiger partial charge in [0.1, 0.15) is 18.1 Å². The standard InChI is InChI=1S/C14H21NO3/c1-2-15-7-6-11(9-15)14(17)10-18-13-5-3-4-12(16)8-13/h3-5,8,11,14,16-17H,2,6-7,9-10H2,1H3. The number of phenols is 1. The maximum Gasteiger partial charge on any atom is 0.123 e. The second kappa shape index (κ2) is 6.07. The third-order valence-electron chi connectivity index (χ3n) is 3.54. The topological polar surface area (TPSA) is 52.9 Å². The first kappa shape index (κ1) is 13.2. The molecule has 1 fully saturated rings. The summed E-state index contributed by atoms with van der Waals surface area (Å²) in [5.41, 5.74) is 0. The van der Waals surface area contributed by atoms with Gasteiger partial charge in [-0.05, 0) is 31.6 Å². The van der Waals surface area contributed by atoms with Gasteiger partial charge in [0.15, 0.2) is 0 Å². The molecule has 0 radical (unpaired) electrons. The summed E-state index contributed by atoms with van der Waals surface area (Å²) in [5, 5.41) is 19.4. The number of aliphatic hydroxyl groups excluding tert-OH is 1. The number of nitrogens with zero attached hydrogens (tertiary/aromatic N) is 1. The molecular formula is C14H21NO3. The third kappa shape index (κ3) is 3.37. The van der Waals surface area contributed by atoms with E-state index in [2.05, 4.69) is 11.8 Å². The maximum atomic E-state index is 10.1. The van der Waals surface area contributed by atoms with Crippen molar-refractivity contribution in [3.8, 4) is 11.5 Å². The van der Waals surface area contributed by atoms with Gasteiger partial charge in [-0.2, -0.15) is 0 Å². The van der Waals surface area contributed by atoms with Gasteiger partial charge in [-0.1, -0.05) is 13.0 Å². The average molecular weight is 251 g/mol. The minimum Gasteiger partial charge on any atom is -0.508 e. The lowest BCUT2D eigenvalue weighted by molar-refractivity contribution is 0.0599. The molecule has 1 aliphatic heterocycles. The summed E-state index contributed by atoms with van der Waals surface area (Å²) < 4.78 is 5.50. The number of ether oxygens (including phenoxy) is 1. The molecule has 2 N–H and O–H groups in total. The summed E-state index contributed by atoms with van der Waals surface area (Å²) in [6.07, 6.45) is 0.585. The predicted molar refractivity (Wildman–Crippen MR) is 69.8 cm³/mol. The molecule has 4 heteroatoms. The number of hydrogen-bond acceptors (Lipinski definition) is 4. The number of phenolic OH excluding ortho intramolecular Hbond substituents is 1. The van der Waals surface area contributed by atoms with Crippen LogP contribution in [0.1, 0.15) is 13.3 Å². The Kier molecular flexibility index (Phi) is 4.44. The van der Waals surface area contributed by atoms with Crippen molar-refractivity contribution in [1.82, 2.24) is 4.90 Å². The van der Waals surface area contributed by atoms with Gasteiger partial charge in [0.05, 0.1) is 6.10 Å². The number of likely N-dealkylation sites (tertiary alicyclic amines) is 1. The predicted octanol–water partition coefficient (Wildman–Crippen LogP) is 1.47. The molecular weight excluding hydrogens is 230 g/mol. The molecule has 2 rings (SSSR count). The second-order valence-electron chi connectivity index (χ2n) is 4.82. The first-order valence-corrected chi connectivity index (χ1v) is 6.51. The molecule has 0 aromatic heterocycles. The van der Waals surface area contributed by atoms with Crippen LogP contribution in [0.5, 0.6) is 11.5 Å². The van der Waals surface area contributed by atoms with Crippen LogP contribution in [0, 0.1) is 5.92 Å². The third-order valence-corrected chi connectivity index (χ3v) is 3.54. The minimum absolute atomic E-state index is 0.181. The van der Waals surface area contributed by atoms with Crippen molar-refractivity contribution in [2.45, 2.75) is 19.4 Å². The van der Waals surface area contributed by atoms with E-state index in [1.165, 1.54) is 0 Å². The zero-order valence-corrected chi connectivity index (χ0v) is 10.7. The molecule has 0 saturated carbocycles. The van der Waals surface area contributed by atoms with Gasteiger partial charge < -0.3 is 19.8 Å². The summed E-state index contributed by atoms with van der Waals surface area (Å²) in [4.78, 5) is 2.34. The molecule has 18 heavy (non-hydrogen) atoms. The van der Waals surface area contributed by atoms with E-state index < -0.39 is 6.10 Å². The molecule has 2 unspecified atom stereocenters. The highest BCUT2D eigenvalue weighted by atomic mass is 16.5. The summed E-state index contributed by atoms with van der Waals surface area (Å²) in [7, 11) is 0. The van der Waals surface area contributed by atoms with Crippen LogP contribution in [-0.2, 0) is 0 Å². The molecule has 1 saturated heterocycles. The Morgan fingerprint density at radius 2 is 2.33 bits per heavy atom. The van der Waals surface area contributed by atoms with Crippen LogP contribution in [0.15, 0.2) is 24.3 Å². The van der Waals surface area contributed by atoms with Crippen molar-refractivity contribution in [3.63, 3.8) is 0 Å². The molecule has 1 aliphatic rings. The quantitative estimate of drug-likeness (QED) is 0.832. The van der Waals surface area contributed by atoms with Crippen LogP contribution in [-0.4, -0.2) is 47.5 Å². The normalized spacial score (nSPS) is 22.0. The van der Waals surface area contributed by atoms with Crippen LogP contribution >= 0.6 is 0 Å². The molecule has 100 valence electrons. The van der Waals surface area contributed by atoms with Crippen molar-refractivity contribution in [2.75, 3.05) is 26.2 Å². The van der Waals surface area contributed by atoms with E-state index in [1.807, 2.05) is 0 Å². The Bertz CT molecular complexity index is 383. The average Bonchev–Trinajstić information content (AvgIpc) is 2.85. The number of benzene rings is 1. The lowest BCUT2D eigenvalue weighted by Gasteiger charge is -2.19. The summed E-state index contributed by atoms with van der Waals surface area (Å²) in [6.45, 7) is 5.46. The van der Waals surface area contributed by atoms with Crippen molar-refractivity contribution < 1.29 is 14.9 Å². The van der Waals surface area contributed by atoms with Crippen LogP contribution in [0.3, 0.4) is 0 Å². The lowest BCUT2D eigenvalue weighted by Crippen LogP contribution is -2.30. The number of rotatable bonds is 5. The van der Waals surface area contributed by atoms with Crippen molar-refractivity contribution >= 4 is 0 Å². The summed E-state index contributed by atoms with van der Waals surface area (Å²) >= 11 is 0. The Morgan fingerprint density at radius 1 is 1.50 bits per heavy atom. The minimum atomic E-state index is -0.441. The van der Waals surface area contributed by atoms with Crippen molar-refractivity contribution in [2.24, 2.45) is 5.92 Å². The zero-order valence-electron chi connectivity index (χ0n) is 10.7. The summed E-state index contributed by atoms with van der Waals surface area (Å²) in [5.74, 6) is 1.07. The highest BCUT2D eigenvalue weighted by Crippen LogP contribution is 2.22. The van der Waals surface area contributed by atoms with E-state index in [1.54, 1.807) is 24.3 Å². The van der Waals surface area contributed by atoms with E-state index in [0.717, 1.165) is 26.1 Å². The van der Waals surface area contributed by atoms with Crippen LogP contribution in [0.2, 0.25) is 0 Å². The molecule has 1 heterocycles. The Balaban J connectivity index is 1.80. The summed E-state index contributed by atoms with van der Waals surface area (Å²) in [6, 6.07) is 6.66. The van der Waals surface area contributed by atoms with Gasteiger partial charge in [-0.3, -0.25) is 0 Å². The van der Waals surface area contributed by atoms with E-state index in [-0.39, 0.29) is 12.4 Å². The number of hydrogen-bond donors (Lipinski definition) is 2. The Labute approximate surface area is 108 Å². The highest BCUT2D eigenvalue weighted by molar-refractivity contribution is 5.31. The number of aromatic hydroxyl groups is 1. The molecule has 0 bridgehead atoms. The largest absolute Gasteiger partial charge is 0.508 e. The molecule has 2 atom stereocenters. The lowest BCUT2D eigenvalue weighted by atomic mass is 10.0. The fourth-order valence-corrected chi connectivity index (χ4v) is 2.35. The molecule has 0 aliphatic carbocycles. The molecule has 4 nitrogen and oxygen atoms in total. The second-order valence-corrected chi connectivity index (χ2v) is 4.82. The van der Waals surface area contributed by atoms with Gasteiger partial charge in [-0.15, -0.1) is 0 Å². The van der Waals surface area contributed by atoms with E-state index in [0.29, 0.717) is 11.7 Å². The number of aliphatic hydroxyl groups is 1. The molecule has 0 amide bonds. The Hall–Kier alpha value is -1.26. The molecule has 1 aromatic rings. The van der Waals surface area contributed by atoms with Gasteiger partial charge in [0.2, 0.25) is 0 Å². The maximum absolute atomic E-state index is 10.1. The first-order chi connectivity index (χ1) is 8.69. The SMILES string of the molecule is CCN1CCC(C(O)COc2cccc(O)c2)C1. The van der Waals surface area contributed by atoms with Crippen molar-refractivity contribution in [1.29, 1.82) is 0 Å². The van der Waals surface area contributed by atoms with E-state index >= 15 is 0 Å².